The molecule has 0 aliphatic carbocycles. The van der Waals surface area contributed by atoms with E-state index in [4.69, 9.17) is 9.15 Å². The number of halogens is 3. The lowest BCUT2D eigenvalue weighted by Gasteiger charge is -2.19. The molecule has 0 aliphatic rings. The van der Waals surface area contributed by atoms with Crippen LogP contribution in [0.1, 0.15) is 53.9 Å². The van der Waals surface area contributed by atoms with Gasteiger partial charge in [-0.3, -0.25) is 9.59 Å². The van der Waals surface area contributed by atoms with Gasteiger partial charge in [0.25, 0.3) is 11.8 Å². The van der Waals surface area contributed by atoms with Crippen molar-refractivity contribution in [2.24, 2.45) is 0 Å². The fraction of sp³-hybridized carbons (Fsp3) is 0.280. The molecule has 3 aromatic rings. The van der Waals surface area contributed by atoms with Crippen LogP contribution in [0.2, 0.25) is 0 Å². The highest BCUT2D eigenvalue weighted by Gasteiger charge is 2.35. The van der Waals surface area contributed by atoms with E-state index in [1.54, 1.807) is 12.1 Å². The number of carbonyl (C=O) groups is 2. The molecule has 1 aromatic heterocycles. The summed E-state index contributed by atoms with van der Waals surface area (Å²) >= 11 is 0. The van der Waals surface area contributed by atoms with Crippen molar-refractivity contribution in [1.29, 1.82) is 0 Å². The number of furan rings is 1. The fourth-order valence-corrected chi connectivity index (χ4v) is 3.43. The Bertz CT molecular complexity index is 1170. The van der Waals surface area contributed by atoms with E-state index in [1.807, 2.05) is 13.0 Å². The van der Waals surface area contributed by atoms with Crippen molar-refractivity contribution in [2.45, 2.75) is 45.9 Å². The van der Waals surface area contributed by atoms with Gasteiger partial charge >= 0.3 is 6.18 Å². The summed E-state index contributed by atoms with van der Waals surface area (Å²) in [5.74, 6) is -0.730. The zero-order valence-corrected chi connectivity index (χ0v) is 19.1. The number of ether oxygens (including phenoxy) is 1. The maximum Gasteiger partial charge on any atom is 0.418 e. The van der Waals surface area contributed by atoms with Crippen molar-refractivity contribution in [3.8, 4) is 5.75 Å². The van der Waals surface area contributed by atoms with E-state index in [0.717, 1.165) is 23.3 Å². The van der Waals surface area contributed by atoms with Crippen LogP contribution in [-0.2, 0) is 11.0 Å². The topological polar surface area (TPSA) is 80.6 Å². The summed E-state index contributed by atoms with van der Waals surface area (Å²) < 4.78 is 51.6. The molecule has 3 rings (SSSR count). The number of alkyl halides is 3. The van der Waals surface area contributed by atoms with Gasteiger partial charge in [-0.25, -0.2) is 0 Å². The lowest BCUT2D eigenvalue weighted by Crippen LogP contribution is -2.31. The van der Waals surface area contributed by atoms with E-state index >= 15 is 0 Å². The maximum atomic E-state index is 13.7. The van der Waals surface area contributed by atoms with Crippen molar-refractivity contribution >= 4 is 23.2 Å². The number of hydrogen-bond acceptors (Lipinski definition) is 4. The van der Waals surface area contributed by atoms with E-state index in [9.17, 15) is 22.8 Å². The Kier molecular flexibility index (Phi) is 7.34. The van der Waals surface area contributed by atoms with Gasteiger partial charge in [-0.05, 0) is 73.4 Å². The fourth-order valence-electron chi connectivity index (χ4n) is 3.43. The number of rotatable bonds is 7. The molecule has 34 heavy (non-hydrogen) atoms. The molecule has 0 spiro atoms. The maximum absolute atomic E-state index is 13.7. The Morgan fingerprint density at radius 1 is 1.00 bits per heavy atom. The average molecular weight is 474 g/mol. The smallest absolute Gasteiger partial charge is 0.418 e. The Hall–Kier alpha value is -3.75. The number of anilines is 2. The largest absolute Gasteiger partial charge is 0.481 e. The van der Waals surface area contributed by atoms with Crippen LogP contribution in [0, 0.1) is 6.92 Å². The highest BCUT2D eigenvalue weighted by molar-refractivity contribution is 6.02. The lowest BCUT2D eigenvalue weighted by atomic mass is 9.98. The molecule has 0 fully saturated rings. The van der Waals surface area contributed by atoms with Crippen LogP contribution in [0.3, 0.4) is 0 Å². The Labute approximate surface area is 195 Å². The van der Waals surface area contributed by atoms with Crippen LogP contribution in [0.15, 0.2) is 59.2 Å². The molecule has 1 unspecified atom stereocenters. The first-order valence-corrected chi connectivity index (χ1v) is 10.6. The van der Waals surface area contributed by atoms with Crippen molar-refractivity contribution in [3.63, 3.8) is 0 Å². The van der Waals surface area contributed by atoms with E-state index in [2.05, 4.69) is 24.5 Å². The summed E-state index contributed by atoms with van der Waals surface area (Å²) in [6.07, 6.45) is -4.55. The van der Waals surface area contributed by atoms with Gasteiger partial charge in [-0.2, -0.15) is 13.2 Å². The second-order valence-electron chi connectivity index (χ2n) is 8.11. The monoisotopic (exact) mass is 474 g/mol. The number of aryl methyl sites for hydroxylation is 1. The van der Waals surface area contributed by atoms with Crippen LogP contribution in [-0.4, -0.2) is 17.9 Å². The molecule has 180 valence electrons. The first-order valence-electron chi connectivity index (χ1n) is 10.6. The van der Waals surface area contributed by atoms with Crippen molar-refractivity contribution in [2.75, 3.05) is 10.6 Å². The lowest BCUT2D eigenvalue weighted by molar-refractivity contribution is -0.137. The quantitative estimate of drug-likeness (QED) is 0.416. The molecular formula is C25H25F3N2O4. The molecular weight excluding hydrogens is 449 g/mol. The Balaban J connectivity index is 1.74. The summed E-state index contributed by atoms with van der Waals surface area (Å²) in [6.45, 7) is 7.50. The standard InChI is InChI=1S/C25H25F3N2O4/c1-14(2)19-9-8-18(12-15(19)3)34-16(4)23(31)30-21-10-7-17(13-20(21)25(26,27)28)29-24(32)22-6-5-11-33-22/h5-14,16H,1-4H3,(H,29,32)(H,30,31). The van der Waals surface area contributed by atoms with Gasteiger partial charge in [0.05, 0.1) is 17.5 Å². The van der Waals surface area contributed by atoms with E-state index < -0.39 is 35.3 Å². The SMILES string of the molecule is Cc1cc(OC(C)C(=O)Nc2ccc(NC(=O)c3ccco3)cc2C(F)(F)F)ccc1C(C)C. The van der Waals surface area contributed by atoms with Gasteiger partial charge in [-0.15, -0.1) is 0 Å². The van der Waals surface area contributed by atoms with E-state index in [-0.39, 0.29) is 11.4 Å². The summed E-state index contributed by atoms with van der Waals surface area (Å²) in [5, 5.41) is 4.61. The minimum absolute atomic E-state index is 0.0476. The van der Waals surface area contributed by atoms with Crippen LogP contribution in [0.4, 0.5) is 24.5 Å². The molecule has 0 radical (unpaired) electrons. The highest BCUT2D eigenvalue weighted by Crippen LogP contribution is 2.37. The Morgan fingerprint density at radius 2 is 1.74 bits per heavy atom. The molecule has 0 saturated heterocycles. The molecule has 2 N–H and O–H groups in total. The second-order valence-corrected chi connectivity index (χ2v) is 8.11. The number of nitrogens with one attached hydrogen (secondary N) is 2. The summed E-state index contributed by atoms with van der Waals surface area (Å²) in [6, 6.07) is 11.4. The molecule has 6 nitrogen and oxygen atoms in total. The van der Waals surface area contributed by atoms with Crippen LogP contribution >= 0.6 is 0 Å². The van der Waals surface area contributed by atoms with Gasteiger partial charge in [-0.1, -0.05) is 19.9 Å². The third-order valence-corrected chi connectivity index (χ3v) is 5.13. The normalized spacial score (nSPS) is 12.4. The van der Waals surface area contributed by atoms with Crippen molar-refractivity contribution < 1.29 is 31.9 Å². The predicted octanol–water partition coefficient (Wildman–Crippen LogP) is 6.39. The van der Waals surface area contributed by atoms with Gasteiger partial charge < -0.3 is 19.8 Å². The summed E-state index contributed by atoms with van der Waals surface area (Å²) in [4.78, 5) is 24.7. The van der Waals surface area contributed by atoms with Crippen LogP contribution in [0.5, 0.6) is 5.75 Å². The van der Waals surface area contributed by atoms with Crippen molar-refractivity contribution in [1.82, 2.24) is 0 Å². The zero-order chi connectivity index (χ0) is 25.0. The van der Waals surface area contributed by atoms with Crippen LogP contribution < -0.4 is 15.4 Å². The minimum Gasteiger partial charge on any atom is -0.481 e. The van der Waals surface area contributed by atoms with Crippen LogP contribution in [0.25, 0.3) is 0 Å². The molecule has 0 bridgehead atoms. The minimum atomic E-state index is -4.78. The second kappa shape index (κ2) is 10.0. The molecule has 0 saturated carbocycles. The molecule has 1 atom stereocenters. The van der Waals surface area contributed by atoms with Gasteiger partial charge in [0, 0.05) is 5.69 Å². The first-order chi connectivity index (χ1) is 16.0. The predicted molar refractivity (Wildman–Crippen MR) is 122 cm³/mol. The Morgan fingerprint density at radius 3 is 2.32 bits per heavy atom. The average Bonchev–Trinajstić information content (AvgIpc) is 3.29. The number of benzene rings is 2. The van der Waals surface area contributed by atoms with Gasteiger partial charge in [0.15, 0.2) is 11.9 Å². The van der Waals surface area contributed by atoms with E-state index in [1.165, 1.54) is 31.4 Å². The van der Waals surface area contributed by atoms with E-state index in [0.29, 0.717) is 11.7 Å². The number of carbonyl (C=O) groups excluding carboxylic acids is 2. The molecule has 2 amide bonds. The van der Waals surface area contributed by atoms with Crippen molar-refractivity contribution in [3.05, 3.63) is 77.2 Å². The molecule has 2 aromatic carbocycles. The molecule has 1 heterocycles. The van der Waals surface area contributed by atoms with Gasteiger partial charge in [0.2, 0.25) is 0 Å². The molecule has 9 heteroatoms. The number of amides is 2. The summed E-state index contributed by atoms with van der Waals surface area (Å²) in [5.41, 5.74) is 0.472. The third kappa shape index (κ3) is 5.98. The highest BCUT2D eigenvalue weighted by atomic mass is 19.4. The van der Waals surface area contributed by atoms with Gasteiger partial charge in [0.1, 0.15) is 5.75 Å². The molecule has 0 aliphatic heterocycles. The first kappa shape index (κ1) is 24.9. The zero-order valence-electron chi connectivity index (χ0n) is 19.1. The number of hydrogen-bond donors (Lipinski definition) is 2. The summed E-state index contributed by atoms with van der Waals surface area (Å²) in [7, 11) is 0. The third-order valence-electron chi connectivity index (χ3n) is 5.13.